The Morgan fingerprint density at radius 3 is 2.45 bits per heavy atom. The van der Waals surface area contributed by atoms with Crippen LogP contribution in [0.5, 0.6) is 0 Å². The zero-order valence-corrected chi connectivity index (χ0v) is 12.6. The van der Waals surface area contributed by atoms with Crippen molar-refractivity contribution in [3.05, 3.63) is 0 Å². The summed E-state index contributed by atoms with van der Waals surface area (Å²) in [5.41, 5.74) is 0. The first-order valence-electron chi connectivity index (χ1n) is 8.59. The number of nitrogens with zero attached hydrogens (tertiary/aromatic N) is 1. The van der Waals surface area contributed by atoms with Crippen molar-refractivity contribution in [2.24, 2.45) is 23.7 Å². The van der Waals surface area contributed by atoms with Crippen molar-refractivity contribution in [1.82, 2.24) is 4.90 Å². The summed E-state index contributed by atoms with van der Waals surface area (Å²) in [7, 11) is 0. The molecule has 1 aliphatic carbocycles. The van der Waals surface area contributed by atoms with E-state index in [1.807, 2.05) is 0 Å². The van der Waals surface area contributed by atoms with Gasteiger partial charge in [0.1, 0.15) is 0 Å². The number of alkyl halides is 3. The molecule has 22 heavy (non-hydrogen) atoms. The lowest BCUT2D eigenvalue weighted by molar-refractivity contribution is -0.297. The van der Waals surface area contributed by atoms with Crippen LogP contribution in [0.3, 0.4) is 0 Å². The summed E-state index contributed by atoms with van der Waals surface area (Å²) in [6.45, 7) is 2.14. The molecule has 6 heteroatoms. The van der Waals surface area contributed by atoms with Gasteiger partial charge < -0.3 is 9.84 Å². The molecule has 3 heterocycles. The lowest BCUT2D eigenvalue weighted by atomic mass is 9.59. The summed E-state index contributed by atoms with van der Waals surface area (Å²) in [6, 6.07) is 0.378. The van der Waals surface area contributed by atoms with Gasteiger partial charge >= 0.3 is 6.18 Å². The number of aliphatic hydroxyl groups excluding tert-OH is 1. The Bertz CT molecular complexity index is 428. The first-order chi connectivity index (χ1) is 10.4. The van der Waals surface area contributed by atoms with Crippen molar-refractivity contribution < 1.29 is 23.0 Å². The topological polar surface area (TPSA) is 32.7 Å². The molecule has 1 N–H and O–H groups in total. The van der Waals surface area contributed by atoms with E-state index in [0.29, 0.717) is 18.4 Å². The SMILES string of the molecule is OC1CC(C(F)(F)F)C2CC3CCCN4CCCC(C34)[C@@H]2O1. The molecular formula is C16H24F3NO2. The quantitative estimate of drug-likeness (QED) is 0.745. The summed E-state index contributed by atoms with van der Waals surface area (Å²) < 4.78 is 46.0. The van der Waals surface area contributed by atoms with Crippen LogP contribution in [0.2, 0.25) is 0 Å². The predicted octanol–water partition coefficient (Wildman–Crippen LogP) is 2.78. The molecule has 3 aliphatic heterocycles. The molecule has 3 saturated heterocycles. The second-order valence-corrected chi connectivity index (χ2v) is 7.57. The van der Waals surface area contributed by atoms with Crippen molar-refractivity contribution in [1.29, 1.82) is 0 Å². The highest BCUT2D eigenvalue weighted by atomic mass is 19.4. The minimum atomic E-state index is -4.23. The van der Waals surface area contributed by atoms with Crippen LogP contribution < -0.4 is 0 Å². The van der Waals surface area contributed by atoms with Crippen LogP contribution in [-0.2, 0) is 4.74 Å². The number of rotatable bonds is 0. The van der Waals surface area contributed by atoms with Gasteiger partial charge in [-0.1, -0.05) is 0 Å². The summed E-state index contributed by atoms with van der Waals surface area (Å²) in [5.74, 6) is -1.33. The molecular weight excluding hydrogens is 295 g/mol. The molecule has 4 fully saturated rings. The molecule has 4 aliphatic rings. The first-order valence-corrected chi connectivity index (χ1v) is 8.59. The van der Waals surface area contributed by atoms with Crippen LogP contribution in [0.25, 0.3) is 0 Å². The monoisotopic (exact) mass is 319 g/mol. The average Bonchev–Trinajstić information content (AvgIpc) is 2.47. The fourth-order valence-corrected chi connectivity index (χ4v) is 5.77. The predicted molar refractivity (Wildman–Crippen MR) is 74.0 cm³/mol. The third-order valence-corrected chi connectivity index (χ3v) is 6.47. The third kappa shape index (κ3) is 2.38. The van der Waals surface area contributed by atoms with Crippen molar-refractivity contribution in [2.45, 2.75) is 63.1 Å². The fraction of sp³-hybridized carbons (Fsp3) is 1.00. The number of hydrogen-bond donors (Lipinski definition) is 1. The zero-order chi connectivity index (χ0) is 15.5. The highest BCUT2D eigenvalue weighted by Gasteiger charge is 2.59. The Kier molecular flexibility index (Phi) is 3.70. The zero-order valence-electron chi connectivity index (χ0n) is 12.6. The van der Waals surface area contributed by atoms with E-state index in [4.69, 9.17) is 4.74 Å². The maximum Gasteiger partial charge on any atom is 0.392 e. The Hall–Kier alpha value is -0.330. The molecule has 0 spiro atoms. The number of halogens is 3. The minimum Gasteiger partial charge on any atom is -0.368 e. The van der Waals surface area contributed by atoms with Gasteiger partial charge in [0, 0.05) is 18.4 Å². The minimum absolute atomic E-state index is 0.164. The Morgan fingerprint density at radius 2 is 1.73 bits per heavy atom. The van der Waals surface area contributed by atoms with Crippen molar-refractivity contribution >= 4 is 0 Å². The van der Waals surface area contributed by atoms with Gasteiger partial charge in [0.2, 0.25) is 0 Å². The van der Waals surface area contributed by atoms with Gasteiger partial charge in [-0.15, -0.1) is 0 Å². The molecule has 0 aromatic heterocycles. The third-order valence-electron chi connectivity index (χ3n) is 6.47. The van der Waals surface area contributed by atoms with Crippen LogP contribution in [0.1, 0.15) is 38.5 Å². The highest BCUT2D eigenvalue weighted by Crippen LogP contribution is 2.54. The first kappa shape index (κ1) is 15.2. The lowest BCUT2D eigenvalue weighted by Crippen LogP contribution is -2.64. The summed E-state index contributed by atoms with van der Waals surface area (Å²) in [6.07, 6.45) is -1.47. The van der Waals surface area contributed by atoms with E-state index in [2.05, 4.69) is 4.90 Å². The molecule has 3 nitrogen and oxygen atoms in total. The van der Waals surface area contributed by atoms with E-state index in [-0.39, 0.29) is 12.3 Å². The second-order valence-electron chi connectivity index (χ2n) is 7.57. The lowest BCUT2D eigenvalue weighted by Gasteiger charge is -2.58. The van der Waals surface area contributed by atoms with Gasteiger partial charge in [-0.2, -0.15) is 13.2 Å². The number of piperidine rings is 2. The van der Waals surface area contributed by atoms with Crippen LogP contribution >= 0.6 is 0 Å². The Morgan fingerprint density at radius 1 is 1.00 bits per heavy atom. The molecule has 0 amide bonds. The van der Waals surface area contributed by atoms with Crippen LogP contribution in [0, 0.1) is 23.7 Å². The van der Waals surface area contributed by atoms with Crippen LogP contribution in [0.4, 0.5) is 13.2 Å². The molecule has 0 bridgehead atoms. The van der Waals surface area contributed by atoms with Gasteiger partial charge in [0.15, 0.2) is 6.29 Å². The normalized spacial score (nSPS) is 49.4. The highest BCUT2D eigenvalue weighted by molar-refractivity contribution is 5.05. The van der Waals surface area contributed by atoms with E-state index in [0.717, 1.165) is 38.8 Å². The van der Waals surface area contributed by atoms with Gasteiger partial charge in [-0.3, -0.25) is 4.90 Å². The maximum atomic E-state index is 13.5. The largest absolute Gasteiger partial charge is 0.392 e. The Labute approximate surface area is 128 Å². The molecule has 4 rings (SSSR count). The van der Waals surface area contributed by atoms with E-state index < -0.39 is 30.4 Å². The average molecular weight is 319 g/mol. The molecule has 6 unspecified atom stereocenters. The molecule has 126 valence electrons. The van der Waals surface area contributed by atoms with Gasteiger partial charge in [-0.05, 0) is 57.0 Å². The van der Waals surface area contributed by atoms with Crippen molar-refractivity contribution in [3.8, 4) is 0 Å². The molecule has 1 saturated carbocycles. The van der Waals surface area contributed by atoms with Crippen molar-refractivity contribution in [3.63, 3.8) is 0 Å². The molecule has 0 aromatic rings. The maximum absolute atomic E-state index is 13.5. The van der Waals surface area contributed by atoms with Crippen LogP contribution in [0.15, 0.2) is 0 Å². The number of ether oxygens (including phenoxy) is 1. The molecule has 7 atom stereocenters. The van der Waals surface area contributed by atoms with Crippen molar-refractivity contribution in [2.75, 3.05) is 13.1 Å². The summed E-state index contributed by atoms with van der Waals surface area (Å²) >= 11 is 0. The van der Waals surface area contributed by atoms with Crippen LogP contribution in [-0.4, -0.2) is 47.7 Å². The van der Waals surface area contributed by atoms with Gasteiger partial charge in [-0.25, -0.2) is 0 Å². The fourth-order valence-electron chi connectivity index (χ4n) is 5.77. The van der Waals surface area contributed by atoms with E-state index in [1.165, 1.54) is 0 Å². The number of fused-ring (bicyclic) bond motifs is 2. The smallest absolute Gasteiger partial charge is 0.368 e. The molecule has 0 radical (unpaired) electrons. The van der Waals surface area contributed by atoms with E-state index >= 15 is 0 Å². The summed E-state index contributed by atoms with van der Waals surface area (Å²) in [4.78, 5) is 2.48. The molecule has 0 aromatic carbocycles. The standard InChI is InChI=1S/C16H24F3NO2/c17-16(18,19)12-8-13(21)22-15-10-4-2-6-20-5-1-3-9(14(10)20)7-11(12)15/h9-15,21H,1-8H2/t9?,10?,11?,12?,13?,14?,15-/m0/s1. The second kappa shape index (κ2) is 5.35. The Balaban J connectivity index is 1.65. The summed E-state index contributed by atoms with van der Waals surface area (Å²) in [5, 5.41) is 9.84. The number of hydrogen-bond acceptors (Lipinski definition) is 3. The van der Waals surface area contributed by atoms with E-state index in [9.17, 15) is 18.3 Å². The van der Waals surface area contributed by atoms with Gasteiger partial charge in [0.05, 0.1) is 12.0 Å². The van der Waals surface area contributed by atoms with Gasteiger partial charge in [0.25, 0.3) is 0 Å². The number of aliphatic hydroxyl groups is 1. The van der Waals surface area contributed by atoms with E-state index in [1.54, 1.807) is 0 Å².